The number of nitrogens with one attached hydrogen (secondary N) is 1. The van der Waals surface area contributed by atoms with Gasteiger partial charge in [0.25, 0.3) is 10.0 Å². The van der Waals surface area contributed by atoms with E-state index in [1.165, 1.54) is 22.5 Å². The summed E-state index contributed by atoms with van der Waals surface area (Å²) >= 11 is 0. The third-order valence-electron chi connectivity index (χ3n) is 4.86. The fraction of sp³-hybridized carbons (Fsp3) is 0.368. The maximum atomic E-state index is 13.2. The Labute approximate surface area is 173 Å². The molecule has 0 aromatic heterocycles. The monoisotopic (exact) mass is 462 g/mol. The van der Waals surface area contributed by atoms with Crippen molar-refractivity contribution >= 4 is 25.7 Å². The Hall–Kier alpha value is -2.11. The van der Waals surface area contributed by atoms with Crippen LogP contribution in [0.25, 0.3) is 0 Å². The van der Waals surface area contributed by atoms with Gasteiger partial charge in [0.1, 0.15) is 0 Å². The average molecular weight is 463 g/mol. The molecule has 1 N–H and O–H groups in total. The fourth-order valence-electron chi connectivity index (χ4n) is 3.33. The first-order valence-corrected chi connectivity index (χ1v) is 12.1. The van der Waals surface area contributed by atoms with Crippen molar-refractivity contribution in [2.24, 2.45) is 0 Å². The Morgan fingerprint density at radius 3 is 2.17 bits per heavy atom. The van der Waals surface area contributed by atoms with Gasteiger partial charge in [-0.2, -0.15) is 17.5 Å². The van der Waals surface area contributed by atoms with Gasteiger partial charge in [-0.05, 0) is 49.6 Å². The molecule has 2 aromatic rings. The van der Waals surface area contributed by atoms with E-state index in [9.17, 15) is 30.0 Å². The number of nitrogens with zero attached hydrogens (tertiary/aromatic N) is 1. The van der Waals surface area contributed by atoms with Gasteiger partial charge in [-0.1, -0.05) is 24.6 Å². The van der Waals surface area contributed by atoms with Crippen molar-refractivity contribution in [1.29, 1.82) is 0 Å². The Kier molecular flexibility index (Phi) is 6.17. The molecule has 11 heteroatoms. The zero-order valence-electron chi connectivity index (χ0n) is 16.1. The summed E-state index contributed by atoms with van der Waals surface area (Å²) in [6, 6.07) is 7.69. The number of benzene rings is 2. The molecule has 1 aliphatic heterocycles. The van der Waals surface area contributed by atoms with E-state index in [0.29, 0.717) is 24.7 Å². The Bertz CT molecular complexity index is 1140. The molecule has 2 aromatic carbocycles. The zero-order chi connectivity index (χ0) is 22.2. The summed E-state index contributed by atoms with van der Waals surface area (Å²) < 4.78 is 94.3. The molecule has 0 saturated carbocycles. The SMILES string of the molecule is Cc1ccc(NS(=O)(=O)c2ccccc2C(F)(F)F)cc1S(=O)(=O)N1CCCCC1. The number of aryl methyl sites for hydroxylation is 1. The molecular weight excluding hydrogens is 441 g/mol. The largest absolute Gasteiger partial charge is 0.417 e. The van der Waals surface area contributed by atoms with Gasteiger partial charge in [-0.25, -0.2) is 16.8 Å². The molecule has 3 rings (SSSR count). The van der Waals surface area contributed by atoms with E-state index in [1.807, 2.05) is 0 Å². The quantitative estimate of drug-likeness (QED) is 0.728. The predicted molar refractivity (Wildman–Crippen MR) is 106 cm³/mol. The molecule has 0 radical (unpaired) electrons. The number of rotatable bonds is 5. The summed E-state index contributed by atoms with van der Waals surface area (Å²) in [6.45, 7) is 2.32. The molecule has 0 aliphatic carbocycles. The summed E-state index contributed by atoms with van der Waals surface area (Å²) in [5.74, 6) is 0. The van der Waals surface area contributed by atoms with E-state index >= 15 is 0 Å². The molecule has 0 atom stereocenters. The molecule has 1 aliphatic rings. The van der Waals surface area contributed by atoms with Crippen molar-refractivity contribution in [2.45, 2.75) is 42.2 Å². The van der Waals surface area contributed by atoms with Crippen LogP contribution in [0.4, 0.5) is 18.9 Å². The normalized spacial score (nSPS) is 16.4. The summed E-state index contributed by atoms with van der Waals surface area (Å²) in [7, 11) is -8.45. The maximum absolute atomic E-state index is 13.2. The second kappa shape index (κ2) is 8.20. The minimum absolute atomic E-state index is 0.0753. The van der Waals surface area contributed by atoms with E-state index in [2.05, 4.69) is 4.72 Å². The van der Waals surface area contributed by atoms with Crippen LogP contribution >= 0.6 is 0 Å². The highest BCUT2D eigenvalue weighted by Gasteiger charge is 2.37. The van der Waals surface area contributed by atoms with Crippen LogP contribution in [0.5, 0.6) is 0 Å². The number of alkyl halides is 3. The van der Waals surface area contributed by atoms with Crippen molar-refractivity contribution < 1.29 is 30.0 Å². The molecular formula is C19H21F3N2O4S2. The smallest absolute Gasteiger partial charge is 0.280 e. The van der Waals surface area contributed by atoms with Crippen LogP contribution in [-0.2, 0) is 26.2 Å². The van der Waals surface area contributed by atoms with Crippen LogP contribution in [0, 0.1) is 6.92 Å². The average Bonchev–Trinajstić information content (AvgIpc) is 2.69. The molecule has 0 unspecified atom stereocenters. The van der Waals surface area contributed by atoms with Crippen LogP contribution in [0.2, 0.25) is 0 Å². The summed E-state index contributed by atoms with van der Waals surface area (Å²) in [5.41, 5.74) is -1.02. The predicted octanol–water partition coefficient (Wildman–Crippen LogP) is 3.99. The molecule has 1 saturated heterocycles. The first-order chi connectivity index (χ1) is 13.9. The summed E-state index contributed by atoms with van der Waals surface area (Å²) in [5, 5.41) is 0. The van der Waals surface area contributed by atoms with Crippen LogP contribution in [0.3, 0.4) is 0 Å². The first kappa shape index (κ1) is 22.6. The van der Waals surface area contributed by atoms with Crippen molar-refractivity contribution in [3.8, 4) is 0 Å². The molecule has 0 amide bonds. The molecule has 30 heavy (non-hydrogen) atoms. The lowest BCUT2D eigenvalue weighted by molar-refractivity contribution is -0.139. The van der Waals surface area contributed by atoms with Gasteiger partial charge >= 0.3 is 6.18 Å². The van der Waals surface area contributed by atoms with E-state index in [-0.39, 0.29) is 10.6 Å². The van der Waals surface area contributed by atoms with Crippen LogP contribution in [-0.4, -0.2) is 34.2 Å². The summed E-state index contributed by atoms with van der Waals surface area (Å²) in [4.78, 5) is -1.01. The standard InChI is InChI=1S/C19H21F3N2O4S2/c1-14-9-10-15(13-18(14)30(27,28)24-11-5-2-6-12-24)23-29(25,26)17-8-4-3-7-16(17)19(20,21)22/h3-4,7-10,13,23H,2,5-6,11-12H2,1H3. The number of halogens is 3. The molecule has 1 heterocycles. The molecule has 0 bridgehead atoms. The van der Waals surface area contributed by atoms with Gasteiger partial charge in [0.05, 0.1) is 21.0 Å². The van der Waals surface area contributed by atoms with Crippen LogP contribution in [0.15, 0.2) is 52.3 Å². The van der Waals surface area contributed by atoms with Crippen molar-refractivity contribution in [3.05, 3.63) is 53.6 Å². The van der Waals surface area contributed by atoms with Crippen molar-refractivity contribution in [3.63, 3.8) is 0 Å². The van der Waals surface area contributed by atoms with E-state index in [4.69, 9.17) is 0 Å². The Morgan fingerprint density at radius 2 is 1.53 bits per heavy atom. The number of hydrogen-bond acceptors (Lipinski definition) is 4. The number of piperidine rings is 1. The van der Waals surface area contributed by atoms with Crippen LogP contribution < -0.4 is 4.72 Å². The fourth-order valence-corrected chi connectivity index (χ4v) is 6.38. The first-order valence-electron chi connectivity index (χ1n) is 9.23. The second-order valence-electron chi connectivity index (χ2n) is 7.04. The highest BCUT2D eigenvalue weighted by Crippen LogP contribution is 2.35. The van der Waals surface area contributed by atoms with Crippen molar-refractivity contribution in [2.75, 3.05) is 17.8 Å². The van der Waals surface area contributed by atoms with E-state index in [1.54, 1.807) is 6.92 Å². The number of hydrogen-bond donors (Lipinski definition) is 1. The minimum atomic E-state index is -4.86. The third-order valence-corrected chi connectivity index (χ3v) is 8.34. The summed E-state index contributed by atoms with van der Waals surface area (Å²) in [6.07, 6.45) is -2.46. The maximum Gasteiger partial charge on any atom is 0.417 e. The van der Waals surface area contributed by atoms with Crippen molar-refractivity contribution in [1.82, 2.24) is 4.31 Å². The highest BCUT2D eigenvalue weighted by atomic mass is 32.2. The molecule has 6 nitrogen and oxygen atoms in total. The Morgan fingerprint density at radius 1 is 0.900 bits per heavy atom. The van der Waals surface area contributed by atoms with Gasteiger partial charge < -0.3 is 0 Å². The number of anilines is 1. The second-order valence-corrected chi connectivity index (χ2v) is 10.6. The number of sulfonamides is 2. The minimum Gasteiger partial charge on any atom is -0.280 e. The van der Waals surface area contributed by atoms with Gasteiger partial charge in [0, 0.05) is 13.1 Å². The topological polar surface area (TPSA) is 83.5 Å². The zero-order valence-corrected chi connectivity index (χ0v) is 17.7. The van der Waals surface area contributed by atoms with E-state index in [0.717, 1.165) is 37.5 Å². The van der Waals surface area contributed by atoms with E-state index < -0.39 is 36.7 Å². The van der Waals surface area contributed by atoms with Gasteiger partial charge in [-0.3, -0.25) is 4.72 Å². The van der Waals surface area contributed by atoms with Gasteiger partial charge in [0.2, 0.25) is 10.0 Å². The Balaban J connectivity index is 1.98. The molecule has 164 valence electrons. The molecule has 1 fully saturated rings. The lowest BCUT2D eigenvalue weighted by Gasteiger charge is -2.26. The third kappa shape index (κ3) is 4.62. The lowest BCUT2D eigenvalue weighted by Crippen LogP contribution is -2.36. The van der Waals surface area contributed by atoms with Crippen LogP contribution in [0.1, 0.15) is 30.4 Å². The molecule has 0 spiro atoms. The van der Waals surface area contributed by atoms with Gasteiger partial charge in [-0.15, -0.1) is 0 Å². The lowest BCUT2D eigenvalue weighted by atomic mass is 10.2. The highest BCUT2D eigenvalue weighted by molar-refractivity contribution is 7.92. The van der Waals surface area contributed by atoms with Gasteiger partial charge in [0.15, 0.2) is 0 Å².